The molecular weight excluding hydrogens is 366 g/mol. The van der Waals surface area contributed by atoms with Gasteiger partial charge in [-0.15, -0.1) is 0 Å². The average molecular weight is 385 g/mol. The van der Waals surface area contributed by atoms with Crippen molar-refractivity contribution in [3.05, 3.63) is 72.6 Å². The first-order valence-corrected chi connectivity index (χ1v) is 9.73. The van der Waals surface area contributed by atoms with Gasteiger partial charge >= 0.3 is 6.03 Å². The van der Waals surface area contributed by atoms with E-state index in [1.165, 1.54) is 24.3 Å². The number of aromatic nitrogens is 2. The molecule has 0 spiro atoms. The highest BCUT2D eigenvalue weighted by Crippen LogP contribution is 2.12. The summed E-state index contributed by atoms with van der Waals surface area (Å²) < 4.78 is 24.2. The van der Waals surface area contributed by atoms with Crippen LogP contribution >= 0.6 is 0 Å². The number of nitrogens with two attached hydrogens (primary N) is 1. The van der Waals surface area contributed by atoms with Crippen LogP contribution in [0.3, 0.4) is 0 Å². The largest absolute Gasteiger partial charge is 0.338 e. The fourth-order valence-corrected chi connectivity index (χ4v) is 2.95. The highest BCUT2D eigenvalue weighted by Gasteiger charge is 2.08. The van der Waals surface area contributed by atoms with E-state index in [4.69, 9.17) is 5.14 Å². The van der Waals surface area contributed by atoms with Crippen molar-refractivity contribution in [3.63, 3.8) is 0 Å². The van der Waals surface area contributed by atoms with Crippen molar-refractivity contribution in [2.75, 3.05) is 11.9 Å². The Bertz CT molecular complexity index is 1010. The molecule has 2 amide bonds. The summed E-state index contributed by atoms with van der Waals surface area (Å²) in [6, 6.07) is 15.0. The summed E-state index contributed by atoms with van der Waals surface area (Å²) in [6.07, 6.45) is 4.31. The van der Waals surface area contributed by atoms with Gasteiger partial charge in [-0.2, -0.15) is 5.10 Å². The molecule has 0 saturated heterocycles. The molecule has 0 bridgehead atoms. The Morgan fingerprint density at radius 1 is 1.07 bits per heavy atom. The number of para-hydroxylation sites is 1. The molecule has 140 valence electrons. The molecule has 0 aliphatic heterocycles. The Labute approximate surface area is 157 Å². The van der Waals surface area contributed by atoms with Crippen molar-refractivity contribution in [2.45, 2.75) is 11.3 Å². The average Bonchev–Trinajstić information content (AvgIpc) is 3.11. The van der Waals surface area contributed by atoms with E-state index < -0.39 is 10.0 Å². The predicted octanol–water partition coefficient (Wildman–Crippen LogP) is 1.88. The molecule has 4 N–H and O–H groups in total. The van der Waals surface area contributed by atoms with Gasteiger partial charge < -0.3 is 10.6 Å². The number of hydrogen-bond donors (Lipinski definition) is 3. The van der Waals surface area contributed by atoms with Gasteiger partial charge in [0.1, 0.15) is 0 Å². The maximum Gasteiger partial charge on any atom is 0.319 e. The molecule has 1 heterocycles. The lowest BCUT2D eigenvalue weighted by atomic mass is 10.2. The zero-order valence-electron chi connectivity index (χ0n) is 14.4. The van der Waals surface area contributed by atoms with Gasteiger partial charge in [0.25, 0.3) is 0 Å². The molecule has 1 aromatic heterocycles. The van der Waals surface area contributed by atoms with Crippen LogP contribution in [0.5, 0.6) is 0 Å². The smallest absolute Gasteiger partial charge is 0.319 e. The van der Waals surface area contributed by atoms with Crippen molar-refractivity contribution in [1.29, 1.82) is 0 Å². The van der Waals surface area contributed by atoms with Crippen molar-refractivity contribution in [3.8, 4) is 5.69 Å². The standard InChI is InChI=1S/C18H19N5O3S/c19-27(25,26)17-8-6-15(7-9-17)22-18(24)20-11-10-14-12-21-23(13-14)16-4-2-1-3-5-16/h1-9,12-13H,10-11H2,(H2,19,25,26)(H2,20,22,24). The predicted molar refractivity (Wildman–Crippen MR) is 102 cm³/mol. The monoisotopic (exact) mass is 385 g/mol. The van der Waals surface area contributed by atoms with Crippen LogP contribution in [0.4, 0.5) is 10.5 Å². The number of rotatable bonds is 6. The second-order valence-corrected chi connectivity index (χ2v) is 7.39. The molecule has 0 aliphatic rings. The Morgan fingerprint density at radius 2 is 1.78 bits per heavy atom. The normalized spacial score (nSPS) is 11.1. The van der Waals surface area contributed by atoms with Crippen LogP contribution in [0, 0.1) is 0 Å². The second kappa shape index (κ2) is 8.02. The highest BCUT2D eigenvalue weighted by atomic mass is 32.2. The lowest BCUT2D eigenvalue weighted by molar-refractivity contribution is 0.252. The molecule has 8 nitrogen and oxygen atoms in total. The van der Waals surface area contributed by atoms with Crippen LogP contribution in [0.2, 0.25) is 0 Å². The summed E-state index contributed by atoms with van der Waals surface area (Å²) in [6.45, 7) is 0.432. The molecule has 3 rings (SSSR count). The van der Waals surface area contributed by atoms with Crippen molar-refractivity contribution < 1.29 is 13.2 Å². The minimum Gasteiger partial charge on any atom is -0.338 e. The van der Waals surface area contributed by atoms with E-state index in [1.807, 2.05) is 36.5 Å². The summed E-state index contributed by atoms with van der Waals surface area (Å²) in [5, 5.41) is 14.7. The zero-order chi connectivity index (χ0) is 19.3. The van der Waals surface area contributed by atoms with Gasteiger partial charge in [-0.1, -0.05) is 18.2 Å². The summed E-state index contributed by atoms with van der Waals surface area (Å²) in [5.41, 5.74) is 2.44. The van der Waals surface area contributed by atoms with Gasteiger partial charge in [-0.3, -0.25) is 0 Å². The Kier molecular flexibility index (Phi) is 5.53. The highest BCUT2D eigenvalue weighted by molar-refractivity contribution is 7.89. The van der Waals surface area contributed by atoms with E-state index in [2.05, 4.69) is 15.7 Å². The maximum absolute atomic E-state index is 11.9. The molecule has 0 fully saturated rings. The first-order valence-electron chi connectivity index (χ1n) is 8.18. The van der Waals surface area contributed by atoms with Gasteiger partial charge in [-0.05, 0) is 48.4 Å². The van der Waals surface area contributed by atoms with E-state index in [1.54, 1.807) is 10.9 Å². The molecule has 27 heavy (non-hydrogen) atoms. The Balaban J connectivity index is 1.48. The van der Waals surface area contributed by atoms with Crippen molar-refractivity contribution >= 4 is 21.7 Å². The first-order chi connectivity index (χ1) is 12.9. The third kappa shape index (κ3) is 5.16. The van der Waals surface area contributed by atoms with E-state index in [0.29, 0.717) is 18.7 Å². The number of nitrogens with zero attached hydrogens (tertiary/aromatic N) is 2. The number of carbonyl (C=O) groups excluding carboxylic acids is 1. The molecule has 3 aromatic rings. The second-order valence-electron chi connectivity index (χ2n) is 5.83. The molecular formula is C18H19N5O3S. The van der Waals surface area contributed by atoms with Crippen molar-refractivity contribution in [1.82, 2.24) is 15.1 Å². The van der Waals surface area contributed by atoms with Crippen LogP contribution in [0.25, 0.3) is 5.69 Å². The fraction of sp³-hybridized carbons (Fsp3) is 0.111. The number of primary sulfonamides is 1. The summed E-state index contributed by atoms with van der Waals surface area (Å²) in [5.74, 6) is 0. The first kappa shape index (κ1) is 18.6. The third-order valence-corrected chi connectivity index (χ3v) is 4.73. The number of benzene rings is 2. The number of urea groups is 1. The van der Waals surface area contributed by atoms with E-state index >= 15 is 0 Å². The molecule has 0 aliphatic carbocycles. The molecule has 0 atom stereocenters. The molecule has 0 unspecified atom stereocenters. The fourth-order valence-electron chi connectivity index (χ4n) is 2.43. The zero-order valence-corrected chi connectivity index (χ0v) is 15.2. The van der Waals surface area contributed by atoms with E-state index in [9.17, 15) is 13.2 Å². The quantitative estimate of drug-likeness (QED) is 0.600. The summed E-state index contributed by atoms with van der Waals surface area (Å²) in [4.78, 5) is 11.9. The molecule has 0 radical (unpaired) electrons. The molecule has 9 heteroatoms. The number of anilines is 1. The van der Waals surface area contributed by atoms with Crippen LogP contribution < -0.4 is 15.8 Å². The van der Waals surface area contributed by atoms with Crippen LogP contribution in [0.1, 0.15) is 5.56 Å². The Morgan fingerprint density at radius 3 is 2.44 bits per heavy atom. The maximum atomic E-state index is 11.9. The van der Waals surface area contributed by atoms with Crippen LogP contribution in [0.15, 0.2) is 71.9 Å². The third-order valence-electron chi connectivity index (χ3n) is 3.80. The molecule has 2 aromatic carbocycles. The van der Waals surface area contributed by atoms with Gasteiger partial charge in [0.05, 0.1) is 16.8 Å². The lowest BCUT2D eigenvalue weighted by Crippen LogP contribution is -2.30. The lowest BCUT2D eigenvalue weighted by Gasteiger charge is -2.07. The minimum atomic E-state index is -3.75. The number of carbonyl (C=O) groups is 1. The van der Waals surface area contributed by atoms with Gasteiger partial charge in [-0.25, -0.2) is 23.0 Å². The van der Waals surface area contributed by atoms with Gasteiger partial charge in [0.2, 0.25) is 10.0 Å². The Hall–Kier alpha value is -3.17. The topological polar surface area (TPSA) is 119 Å². The number of sulfonamides is 1. The van der Waals surface area contributed by atoms with Crippen LogP contribution in [-0.2, 0) is 16.4 Å². The van der Waals surface area contributed by atoms with E-state index in [0.717, 1.165) is 11.3 Å². The van der Waals surface area contributed by atoms with E-state index in [-0.39, 0.29) is 10.9 Å². The molecule has 0 saturated carbocycles. The van der Waals surface area contributed by atoms with Crippen LogP contribution in [-0.4, -0.2) is 30.8 Å². The summed E-state index contributed by atoms with van der Waals surface area (Å²) in [7, 11) is -3.75. The van der Waals surface area contributed by atoms with Crippen molar-refractivity contribution in [2.24, 2.45) is 5.14 Å². The van der Waals surface area contributed by atoms with Gasteiger partial charge in [0.15, 0.2) is 0 Å². The minimum absolute atomic E-state index is 0.0103. The number of amides is 2. The SMILES string of the molecule is NS(=O)(=O)c1ccc(NC(=O)NCCc2cnn(-c3ccccc3)c2)cc1. The van der Waals surface area contributed by atoms with Gasteiger partial charge in [0, 0.05) is 18.4 Å². The summed E-state index contributed by atoms with van der Waals surface area (Å²) >= 11 is 0. The number of hydrogen-bond acceptors (Lipinski definition) is 4. The number of nitrogens with one attached hydrogen (secondary N) is 2.